The van der Waals surface area contributed by atoms with Crippen molar-refractivity contribution >= 4 is 78.5 Å². The van der Waals surface area contributed by atoms with Gasteiger partial charge in [-0.1, -0.05) is 208 Å². The van der Waals surface area contributed by atoms with E-state index in [1.807, 2.05) is 0 Å². The Balaban J connectivity index is 1.19. The summed E-state index contributed by atoms with van der Waals surface area (Å²) in [6.45, 7) is 20.9. The Bertz CT molecular complexity index is 3750. The van der Waals surface area contributed by atoms with Crippen LogP contribution in [0, 0.1) is 0 Å². The SMILES string of the molecule is CC(C)(C)c1ccc(N2c3ccc(C(C)(C)C)cc3B3c4c(c5ccc6cc(C(C)(C)C)cc7ccc(c42)c5c67)-c2cccc4c2N3c2ccccc2C42c3ccccc3-c3ccccc32)cc1. The number of nitrogens with zero attached hydrogens (tertiary/aromatic N) is 2. The molecule has 0 unspecified atom stereocenters. The first-order valence-corrected chi connectivity index (χ1v) is 24.7. The van der Waals surface area contributed by atoms with Crippen molar-refractivity contribution in [2.45, 2.75) is 84.0 Å². The minimum atomic E-state index is -0.509. The lowest BCUT2D eigenvalue weighted by Crippen LogP contribution is -2.63. The smallest absolute Gasteiger partial charge is 0.333 e. The zero-order valence-corrected chi connectivity index (χ0v) is 40.6. The monoisotopic (exact) mass is 874 g/mol. The molecule has 0 atom stereocenters. The third kappa shape index (κ3) is 4.99. The highest BCUT2D eigenvalue weighted by Gasteiger charge is 2.56. The molecule has 0 saturated carbocycles. The van der Waals surface area contributed by atoms with Gasteiger partial charge < -0.3 is 9.71 Å². The highest BCUT2D eigenvalue weighted by molar-refractivity contribution is 6.94. The van der Waals surface area contributed by atoms with E-state index in [2.05, 4.69) is 242 Å². The van der Waals surface area contributed by atoms with E-state index in [0.29, 0.717) is 0 Å². The summed E-state index contributed by atoms with van der Waals surface area (Å²) < 4.78 is 0. The summed E-state index contributed by atoms with van der Waals surface area (Å²) in [5.41, 5.74) is 23.3. The topological polar surface area (TPSA) is 6.48 Å². The Kier molecular flexibility index (Phi) is 7.72. The average Bonchev–Trinajstić information content (AvgIpc) is 3.62. The number of para-hydroxylation sites is 2. The third-order valence-electron chi connectivity index (χ3n) is 16.4. The summed E-state index contributed by atoms with van der Waals surface area (Å²) in [7, 11) is 0. The van der Waals surface area contributed by atoms with Gasteiger partial charge in [-0.15, -0.1) is 0 Å². The molecule has 2 nitrogen and oxygen atoms in total. The Hall–Kier alpha value is -7.10. The largest absolute Gasteiger partial charge is 0.376 e. The molecular weight excluding hydrogens is 820 g/mol. The molecule has 14 rings (SSSR count). The lowest BCUT2D eigenvalue weighted by Gasteiger charge is -2.52. The van der Waals surface area contributed by atoms with Crippen LogP contribution in [-0.4, -0.2) is 6.85 Å². The molecule has 0 amide bonds. The summed E-state index contributed by atoms with van der Waals surface area (Å²) in [6.07, 6.45) is 0. The van der Waals surface area contributed by atoms with E-state index in [1.165, 1.54) is 133 Å². The molecule has 1 spiro atoms. The molecule has 10 aromatic rings. The van der Waals surface area contributed by atoms with Gasteiger partial charge in [0.05, 0.1) is 11.1 Å². The van der Waals surface area contributed by atoms with Crippen molar-refractivity contribution in [2.75, 3.05) is 9.71 Å². The molecule has 3 aliphatic heterocycles. The number of rotatable bonds is 1. The Labute approximate surface area is 401 Å². The maximum atomic E-state index is 2.79. The highest BCUT2D eigenvalue weighted by atomic mass is 15.2. The van der Waals surface area contributed by atoms with E-state index in [0.717, 1.165) is 0 Å². The molecule has 0 saturated heterocycles. The van der Waals surface area contributed by atoms with Crippen molar-refractivity contribution in [1.82, 2.24) is 0 Å². The first-order chi connectivity index (χ1) is 32.7. The fraction of sp³-hybridized carbons (Fsp3) is 0.200. The zero-order chi connectivity index (χ0) is 46.4. The van der Waals surface area contributed by atoms with E-state index < -0.39 is 5.41 Å². The van der Waals surface area contributed by atoms with E-state index >= 15 is 0 Å². The number of hydrogen-bond acceptors (Lipinski definition) is 2. The molecule has 4 aliphatic rings. The van der Waals surface area contributed by atoms with Crippen LogP contribution in [0.15, 0.2) is 170 Å². The summed E-state index contributed by atoms with van der Waals surface area (Å²) in [4.78, 5) is 5.44. The third-order valence-corrected chi connectivity index (χ3v) is 16.4. The highest BCUT2D eigenvalue weighted by Crippen LogP contribution is 2.65. The second-order valence-corrected chi connectivity index (χ2v) is 23.3. The average molecular weight is 875 g/mol. The molecule has 328 valence electrons. The van der Waals surface area contributed by atoms with E-state index in [9.17, 15) is 0 Å². The van der Waals surface area contributed by atoms with Gasteiger partial charge in [-0.2, -0.15) is 0 Å². The van der Waals surface area contributed by atoms with Crippen LogP contribution in [0.5, 0.6) is 0 Å². The van der Waals surface area contributed by atoms with Gasteiger partial charge in [0.15, 0.2) is 0 Å². The maximum Gasteiger partial charge on any atom is 0.333 e. The van der Waals surface area contributed by atoms with Gasteiger partial charge in [-0.25, -0.2) is 0 Å². The normalized spacial score (nSPS) is 15.2. The molecule has 3 heterocycles. The fourth-order valence-corrected chi connectivity index (χ4v) is 13.2. The van der Waals surface area contributed by atoms with Crippen molar-refractivity contribution in [3.8, 4) is 22.3 Å². The summed E-state index contributed by atoms with van der Waals surface area (Å²) in [5.74, 6) is 0. The lowest BCUT2D eigenvalue weighted by atomic mass is 9.41. The van der Waals surface area contributed by atoms with Crippen LogP contribution in [0.1, 0.15) is 101 Å². The van der Waals surface area contributed by atoms with Crippen molar-refractivity contribution in [2.24, 2.45) is 0 Å². The Morgan fingerprint density at radius 2 is 0.971 bits per heavy atom. The first-order valence-electron chi connectivity index (χ1n) is 24.7. The Morgan fingerprint density at radius 1 is 0.412 bits per heavy atom. The van der Waals surface area contributed by atoms with Crippen molar-refractivity contribution in [3.05, 3.63) is 209 Å². The molecule has 0 bridgehead atoms. The van der Waals surface area contributed by atoms with E-state index in [4.69, 9.17) is 0 Å². The van der Waals surface area contributed by atoms with Gasteiger partial charge in [0.25, 0.3) is 0 Å². The second-order valence-electron chi connectivity index (χ2n) is 23.3. The van der Waals surface area contributed by atoms with Crippen LogP contribution in [0.3, 0.4) is 0 Å². The van der Waals surface area contributed by atoms with Crippen molar-refractivity contribution in [1.29, 1.82) is 0 Å². The molecule has 0 N–H and O–H groups in total. The minimum Gasteiger partial charge on any atom is -0.376 e. The molecule has 0 radical (unpaired) electrons. The summed E-state index contributed by atoms with van der Waals surface area (Å²) in [6, 6.07) is 66.7. The molecule has 0 fully saturated rings. The molecular formula is C65H55BN2. The van der Waals surface area contributed by atoms with Crippen molar-refractivity contribution in [3.63, 3.8) is 0 Å². The molecule has 10 aromatic carbocycles. The quantitative estimate of drug-likeness (QED) is 0.120. The first kappa shape index (κ1) is 40.0. The Morgan fingerprint density at radius 3 is 1.62 bits per heavy atom. The second kappa shape index (κ2) is 13.1. The fourth-order valence-electron chi connectivity index (χ4n) is 13.2. The van der Waals surface area contributed by atoms with Crippen LogP contribution in [-0.2, 0) is 21.7 Å². The van der Waals surface area contributed by atoms with Crippen LogP contribution in [0.4, 0.5) is 28.4 Å². The predicted molar refractivity (Wildman–Crippen MR) is 291 cm³/mol. The lowest BCUT2D eigenvalue weighted by molar-refractivity contribution is 0.590. The van der Waals surface area contributed by atoms with E-state index in [-0.39, 0.29) is 23.1 Å². The van der Waals surface area contributed by atoms with Crippen LogP contribution in [0.2, 0.25) is 0 Å². The van der Waals surface area contributed by atoms with Gasteiger partial charge in [-0.05, 0) is 129 Å². The number of anilines is 5. The van der Waals surface area contributed by atoms with Gasteiger partial charge in [0, 0.05) is 39.1 Å². The van der Waals surface area contributed by atoms with Gasteiger partial charge in [0.2, 0.25) is 0 Å². The number of fused-ring (bicyclic) bond motifs is 15. The minimum absolute atomic E-state index is 0.0186. The maximum absolute atomic E-state index is 2.79. The van der Waals surface area contributed by atoms with Gasteiger partial charge >= 0.3 is 6.85 Å². The van der Waals surface area contributed by atoms with Gasteiger partial charge in [-0.3, -0.25) is 0 Å². The standard InChI is InChI=1S/C65H55BN2/c1-62(2,3)40-27-30-43(31-28-40)67-55-34-29-41(63(4,5)6)37-53(55)66-59-58(46-32-25-38-35-42(64(7,8)9)36-39-26-33-48(61(59)67)57(46)56(38)39)47-19-16-23-52-60(47)68(66)54-24-15-14-22-51(54)65(52)49-20-12-10-17-44(49)45-18-11-13-21-50(45)65/h10-37H,1-9H3. The summed E-state index contributed by atoms with van der Waals surface area (Å²) >= 11 is 0. The van der Waals surface area contributed by atoms with Gasteiger partial charge in [0.1, 0.15) is 0 Å². The van der Waals surface area contributed by atoms with E-state index in [1.54, 1.807) is 0 Å². The predicted octanol–water partition coefficient (Wildman–Crippen LogP) is 15.9. The van der Waals surface area contributed by atoms with Crippen LogP contribution < -0.4 is 20.6 Å². The molecule has 0 aromatic heterocycles. The van der Waals surface area contributed by atoms with Crippen molar-refractivity contribution < 1.29 is 0 Å². The molecule has 68 heavy (non-hydrogen) atoms. The summed E-state index contributed by atoms with van der Waals surface area (Å²) in [5, 5.41) is 7.95. The number of benzene rings is 10. The zero-order valence-electron chi connectivity index (χ0n) is 40.6. The van der Waals surface area contributed by atoms with Crippen LogP contribution in [0.25, 0.3) is 54.6 Å². The van der Waals surface area contributed by atoms with Crippen LogP contribution >= 0.6 is 0 Å². The molecule has 3 heteroatoms. The number of hydrogen-bond donors (Lipinski definition) is 0. The molecule has 1 aliphatic carbocycles.